The Balaban J connectivity index is 2.96. The summed E-state index contributed by atoms with van der Waals surface area (Å²) in [6, 6.07) is 6.41. The second kappa shape index (κ2) is 6.98. The van der Waals surface area contributed by atoms with Gasteiger partial charge in [0.15, 0.2) is 0 Å². The Kier molecular flexibility index (Phi) is 5.59. The molecule has 0 heterocycles. The molecule has 17 heavy (non-hydrogen) atoms. The molecule has 0 bridgehead atoms. The number of hydrogen-bond donors (Lipinski definition) is 1. The Morgan fingerprint density at radius 2 is 2.24 bits per heavy atom. The topological polar surface area (TPSA) is 21.3 Å². The molecule has 0 aliphatic carbocycles. The van der Waals surface area contributed by atoms with Crippen LogP contribution >= 0.6 is 0 Å². The largest absolute Gasteiger partial charge is 0.496 e. The van der Waals surface area contributed by atoms with Crippen LogP contribution in [0.3, 0.4) is 0 Å². The van der Waals surface area contributed by atoms with E-state index >= 15 is 0 Å². The zero-order valence-electron chi connectivity index (χ0n) is 10.9. The van der Waals surface area contributed by atoms with Crippen molar-refractivity contribution in [2.45, 2.75) is 32.7 Å². The lowest BCUT2D eigenvalue weighted by Gasteiger charge is -2.19. The minimum Gasteiger partial charge on any atom is -0.496 e. The van der Waals surface area contributed by atoms with Crippen LogP contribution in [-0.2, 0) is 0 Å². The Hall–Kier alpha value is -1.46. The number of hydrogen-bond acceptors (Lipinski definition) is 2. The SMILES string of the molecule is C#CCC(NCCC)c1ccc(C)cc1OC. The van der Waals surface area contributed by atoms with E-state index in [1.807, 2.05) is 6.07 Å². The van der Waals surface area contributed by atoms with Crippen molar-refractivity contribution in [3.63, 3.8) is 0 Å². The first-order chi connectivity index (χ1) is 8.22. The van der Waals surface area contributed by atoms with Crippen molar-refractivity contribution in [1.82, 2.24) is 5.32 Å². The van der Waals surface area contributed by atoms with E-state index in [9.17, 15) is 0 Å². The van der Waals surface area contributed by atoms with Gasteiger partial charge in [0.25, 0.3) is 0 Å². The van der Waals surface area contributed by atoms with Gasteiger partial charge in [-0.1, -0.05) is 19.1 Å². The molecule has 1 rings (SSSR count). The normalized spacial score (nSPS) is 11.9. The van der Waals surface area contributed by atoms with Gasteiger partial charge in [0.2, 0.25) is 0 Å². The third-order valence-corrected chi connectivity index (χ3v) is 2.73. The van der Waals surface area contributed by atoms with Gasteiger partial charge >= 0.3 is 0 Å². The van der Waals surface area contributed by atoms with Crippen molar-refractivity contribution in [3.8, 4) is 18.1 Å². The third-order valence-electron chi connectivity index (χ3n) is 2.73. The standard InChI is InChI=1S/C15H21NO/c1-5-7-14(16-10-6-2)13-9-8-12(3)11-15(13)17-4/h1,8-9,11,14,16H,6-7,10H2,2-4H3. The quantitative estimate of drug-likeness (QED) is 0.760. The second-order valence-electron chi connectivity index (χ2n) is 4.16. The summed E-state index contributed by atoms with van der Waals surface area (Å²) in [6.45, 7) is 5.16. The molecule has 1 aromatic carbocycles. The highest BCUT2D eigenvalue weighted by molar-refractivity contribution is 5.39. The molecule has 0 aliphatic heterocycles. The van der Waals surface area contributed by atoms with E-state index in [-0.39, 0.29) is 6.04 Å². The van der Waals surface area contributed by atoms with Gasteiger partial charge in [-0.3, -0.25) is 0 Å². The number of methoxy groups -OCH3 is 1. The molecule has 0 aromatic heterocycles. The molecule has 0 fully saturated rings. The van der Waals surface area contributed by atoms with Crippen molar-refractivity contribution in [2.24, 2.45) is 0 Å². The van der Waals surface area contributed by atoms with Gasteiger partial charge < -0.3 is 10.1 Å². The van der Waals surface area contributed by atoms with Gasteiger partial charge in [0, 0.05) is 18.0 Å². The molecule has 0 aliphatic rings. The highest BCUT2D eigenvalue weighted by Gasteiger charge is 2.14. The molecular weight excluding hydrogens is 210 g/mol. The first kappa shape index (κ1) is 13.6. The lowest BCUT2D eigenvalue weighted by Crippen LogP contribution is -2.22. The molecule has 1 aromatic rings. The summed E-state index contributed by atoms with van der Waals surface area (Å²) < 4.78 is 5.42. The fraction of sp³-hybridized carbons (Fsp3) is 0.467. The van der Waals surface area contributed by atoms with Crippen LogP contribution in [0.5, 0.6) is 5.75 Å². The van der Waals surface area contributed by atoms with Gasteiger partial charge in [-0.2, -0.15) is 0 Å². The zero-order valence-corrected chi connectivity index (χ0v) is 10.9. The van der Waals surface area contributed by atoms with Gasteiger partial charge in [0.05, 0.1) is 7.11 Å². The minimum absolute atomic E-state index is 0.176. The summed E-state index contributed by atoms with van der Waals surface area (Å²) in [7, 11) is 1.70. The summed E-state index contributed by atoms with van der Waals surface area (Å²) >= 11 is 0. The molecule has 0 spiro atoms. The number of aryl methyl sites for hydroxylation is 1. The second-order valence-corrected chi connectivity index (χ2v) is 4.16. The van der Waals surface area contributed by atoms with Gasteiger partial charge in [-0.25, -0.2) is 0 Å². The van der Waals surface area contributed by atoms with Crippen molar-refractivity contribution in [3.05, 3.63) is 29.3 Å². The van der Waals surface area contributed by atoms with Crippen molar-refractivity contribution in [1.29, 1.82) is 0 Å². The molecule has 1 N–H and O–H groups in total. The number of benzene rings is 1. The molecule has 1 unspecified atom stereocenters. The smallest absolute Gasteiger partial charge is 0.123 e. The molecule has 0 radical (unpaired) electrons. The predicted molar refractivity (Wildman–Crippen MR) is 72.2 cm³/mol. The van der Waals surface area contributed by atoms with Crippen molar-refractivity contribution in [2.75, 3.05) is 13.7 Å². The van der Waals surface area contributed by atoms with Crippen LogP contribution in [0.4, 0.5) is 0 Å². The van der Waals surface area contributed by atoms with E-state index in [0.29, 0.717) is 6.42 Å². The molecule has 2 nitrogen and oxygen atoms in total. The van der Waals surface area contributed by atoms with Crippen LogP contribution in [0, 0.1) is 19.3 Å². The van der Waals surface area contributed by atoms with E-state index in [0.717, 1.165) is 24.3 Å². The minimum atomic E-state index is 0.176. The van der Waals surface area contributed by atoms with E-state index < -0.39 is 0 Å². The predicted octanol–water partition coefficient (Wildman–Crippen LogP) is 3.07. The van der Waals surface area contributed by atoms with E-state index in [4.69, 9.17) is 11.2 Å². The van der Waals surface area contributed by atoms with Gasteiger partial charge in [-0.15, -0.1) is 12.3 Å². The maximum Gasteiger partial charge on any atom is 0.123 e. The van der Waals surface area contributed by atoms with E-state index in [1.54, 1.807) is 7.11 Å². The van der Waals surface area contributed by atoms with Crippen LogP contribution in [0.1, 0.15) is 36.9 Å². The maximum atomic E-state index is 5.43. The number of rotatable bonds is 6. The van der Waals surface area contributed by atoms with Crippen molar-refractivity contribution >= 4 is 0 Å². The molecule has 1 atom stereocenters. The van der Waals surface area contributed by atoms with E-state index in [1.165, 1.54) is 5.56 Å². The first-order valence-corrected chi connectivity index (χ1v) is 6.04. The Morgan fingerprint density at radius 1 is 1.47 bits per heavy atom. The molecule has 0 amide bonds. The first-order valence-electron chi connectivity index (χ1n) is 6.04. The van der Waals surface area contributed by atoms with Crippen LogP contribution in [0.25, 0.3) is 0 Å². The Bertz CT molecular complexity index is 392. The molecule has 2 heteroatoms. The monoisotopic (exact) mass is 231 g/mol. The van der Waals surface area contributed by atoms with Crippen LogP contribution in [0.15, 0.2) is 18.2 Å². The van der Waals surface area contributed by atoms with Crippen LogP contribution < -0.4 is 10.1 Å². The fourth-order valence-electron chi connectivity index (χ4n) is 1.83. The Morgan fingerprint density at radius 3 is 2.82 bits per heavy atom. The van der Waals surface area contributed by atoms with Crippen molar-refractivity contribution < 1.29 is 4.74 Å². The molecule has 0 saturated heterocycles. The van der Waals surface area contributed by atoms with E-state index in [2.05, 4.69) is 37.2 Å². The fourth-order valence-corrected chi connectivity index (χ4v) is 1.83. The summed E-state index contributed by atoms with van der Waals surface area (Å²) in [5, 5.41) is 3.46. The average molecular weight is 231 g/mol. The highest BCUT2D eigenvalue weighted by Crippen LogP contribution is 2.28. The van der Waals surface area contributed by atoms with Crippen LogP contribution in [-0.4, -0.2) is 13.7 Å². The lowest BCUT2D eigenvalue weighted by molar-refractivity contribution is 0.399. The maximum absolute atomic E-state index is 5.43. The Labute approximate surface area is 104 Å². The average Bonchev–Trinajstić information content (AvgIpc) is 2.34. The van der Waals surface area contributed by atoms with Gasteiger partial charge in [0.1, 0.15) is 5.75 Å². The zero-order chi connectivity index (χ0) is 12.7. The molecular formula is C15H21NO. The summed E-state index contributed by atoms with van der Waals surface area (Å²) in [5.41, 5.74) is 2.34. The lowest BCUT2D eigenvalue weighted by atomic mass is 10.0. The number of nitrogens with one attached hydrogen (secondary N) is 1. The number of ether oxygens (including phenoxy) is 1. The third kappa shape index (κ3) is 3.80. The summed E-state index contributed by atoms with van der Waals surface area (Å²) in [5.74, 6) is 3.63. The molecule has 0 saturated carbocycles. The van der Waals surface area contributed by atoms with Crippen LogP contribution in [0.2, 0.25) is 0 Å². The molecule has 92 valence electrons. The highest BCUT2D eigenvalue weighted by atomic mass is 16.5. The summed E-state index contributed by atoms with van der Waals surface area (Å²) in [6.07, 6.45) is 7.20. The summed E-state index contributed by atoms with van der Waals surface area (Å²) in [4.78, 5) is 0. The number of terminal acetylenes is 1. The van der Waals surface area contributed by atoms with Gasteiger partial charge in [-0.05, 0) is 31.5 Å².